The molecule has 0 saturated carbocycles. The SMILES string of the molecule is COCC(C)(C)c1ccc(C(=O)Nc2cc(F)ccc2C)cc1. The average molecular weight is 315 g/mol. The highest BCUT2D eigenvalue weighted by Crippen LogP contribution is 2.24. The van der Waals surface area contributed by atoms with Gasteiger partial charge < -0.3 is 10.1 Å². The Kier molecular flexibility index (Phi) is 5.16. The van der Waals surface area contributed by atoms with E-state index in [-0.39, 0.29) is 17.1 Å². The molecule has 0 aromatic heterocycles. The first-order valence-corrected chi connectivity index (χ1v) is 7.50. The molecule has 122 valence electrons. The van der Waals surface area contributed by atoms with Gasteiger partial charge >= 0.3 is 0 Å². The molecule has 0 heterocycles. The summed E-state index contributed by atoms with van der Waals surface area (Å²) < 4.78 is 18.5. The number of halogens is 1. The van der Waals surface area contributed by atoms with Crippen molar-refractivity contribution in [2.45, 2.75) is 26.2 Å². The van der Waals surface area contributed by atoms with Crippen LogP contribution >= 0.6 is 0 Å². The van der Waals surface area contributed by atoms with Gasteiger partial charge in [0.2, 0.25) is 0 Å². The largest absolute Gasteiger partial charge is 0.384 e. The van der Waals surface area contributed by atoms with E-state index in [1.165, 1.54) is 12.1 Å². The zero-order valence-electron chi connectivity index (χ0n) is 13.9. The number of methoxy groups -OCH3 is 1. The second-order valence-electron chi connectivity index (χ2n) is 6.31. The van der Waals surface area contributed by atoms with Gasteiger partial charge in [-0.25, -0.2) is 4.39 Å². The number of carbonyl (C=O) groups is 1. The lowest BCUT2D eigenvalue weighted by atomic mass is 9.85. The summed E-state index contributed by atoms with van der Waals surface area (Å²) in [5, 5.41) is 2.75. The Morgan fingerprint density at radius 1 is 1.17 bits per heavy atom. The van der Waals surface area contributed by atoms with Gasteiger partial charge in [0.15, 0.2) is 0 Å². The average Bonchev–Trinajstić information content (AvgIpc) is 2.51. The minimum absolute atomic E-state index is 0.122. The normalized spacial score (nSPS) is 11.3. The Balaban J connectivity index is 2.16. The molecule has 0 atom stereocenters. The fourth-order valence-corrected chi connectivity index (χ4v) is 2.44. The van der Waals surface area contributed by atoms with Crippen molar-refractivity contribution in [1.29, 1.82) is 0 Å². The fraction of sp³-hybridized carbons (Fsp3) is 0.316. The summed E-state index contributed by atoms with van der Waals surface area (Å²) in [5.41, 5.74) is 2.81. The maximum Gasteiger partial charge on any atom is 0.255 e. The van der Waals surface area contributed by atoms with Gasteiger partial charge in [-0.1, -0.05) is 32.0 Å². The van der Waals surface area contributed by atoms with Crippen molar-refractivity contribution in [3.8, 4) is 0 Å². The van der Waals surface area contributed by atoms with E-state index in [2.05, 4.69) is 19.2 Å². The molecule has 0 saturated heterocycles. The zero-order valence-corrected chi connectivity index (χ0v) is 13.9. The molecule has 0 aliphatic heterocycles. The summed E-state index contributed by atoms with van der Waals surface area (Å²) in [4.78, 5) is 12.3. The highest BCUT2D eigenvalue weighted by Gasteiger charge is 2.20. The first-order valence-electron chi connectivity index (χ1n) is 7.50. The van der Waals surface area contributed by atoms with Gasteiger partial charge in [0.1, 0.15) is 5.82 Å². The molecule has 1 amide bonds. The van der Waals surface area contributed by atoms with Crippen LogP contribution in [0.3, 0.4) is 0 Å². The van der Waals surface area contributed by atoms with Gasteiger partial charge in [0.25, 0.3) is 5.91 Å². The number of carbonyl (C=O) groups excluding carboxylic acids is 1. The minimum Gasteiger partial charge on any atom is -0.384 e. The number of rotatable bonds is 5. The molecule has 0 spiro atoms. The van der Waals surface area contributed by atoms with Crippen LogP contribution < -0.4 is 5.32 Å². The van der Waals surface area contributed by atoms with E-state index >= 15 is 0 Å². The first kappa shape index (κ1) is 17.2. The lowest BCUT2D eigenvalue weighted by Gasteiger charge is -2.24. The second kappa shape index (κ2) is 6.92. The number of benzene rings is 2. The Morgan fingerprint density at radius 2 is 1.83 bits per heavy atom. The number of aryl methyl sites for hydroxylation is 1. The zero-order chi connectivity index (χ0) is 17.0. The van der Waals surface area contributed by atoms with Crippen LogP contribution in [0.15, 0.2) is 42.5 Å². The quantitative estimate of drug-likeness (QED) is 0.893. The van der Waals surface area contributed by atoms with Crippen molar-refractivity contribution < 1.29 is 13.9 Å². The summed E-state index contributed by atoms with van der Waals surface area (Å²) in [7, 11) is 1.67. The molecule has 0 unspecified atom stereocenters. The summed E-state index contributed by atoms with van der Waals surface area (Å²) in [5.74, 6) is -0.627. The Bertz CT molecular complexity index is 693. The second-order valence-corrected chi connectivity index (χ2v) is 6.31. The van der Waals surface area contributed by atoms with Crippen molar-refractivity contribution in [2.75, 3.05) is 19.0 Å². The van der Waals surface area contributed by atoms with Gasteiger partial charge in [-0.15, -0.1) is 0 Å². The van der Waals surface area contributed by atoms with Crippen LogP contribution in [-0.4, -0.2) is 19.6 Å². The fourth-order valence-electron chi connectivity index (χ4n) is 2.44. The third-order valence-electron chi connectivity index (χ3n) is 3.88. The molecular formula is C19H22FNO2. The van der Waals surface area contributed by atoms with Crippen LogP contribution in [0.25, 0.3) is 0 Å². The molecule has 23 heavy (non-hydrogen) atoms. The number of hydrogen-bond donors (Lipinski definition) is 1. The van der Waals surface area contributed by atoms with Crippen molar-refractivity contribution in [3.63, 3.8) is 0 Å². The van der Waals surface area contributed by atoms with Crippen molar-refractivity contribution in [2.24, 2.45) is 0 Å². The van der Waals surface area contributed by atoms with Crippen molar-refractivity contribution in [1.82, 2.24) is 0 Å². The van der Waals surface area contributed by atoms with Crippen molar-refractivity contribution in [3.05, 3.63) is 65.0 Å². The molecular weight excluding hydrogens is 293 g/mol. The molecule has 3 nitrogen and oxygen atoms in total. The smallest absolute Gasteiger partial charge is 0.255 e. The Morgan fingerprint density at radius 3 is 2.43 bits per heavy atom. The lowest BCUT2D eigenvalue weighted by molar-refractivity contribution is 0.102. The van der Waals surface area contributed by atoms with E-state index in [0.29, 0.717) is 17.9 Å². The van der Waals surface area contributed by atoms with E-state index in [1.807, 2.05) is 19.1 Å². The summed E-state index contributed by atoms with van der Waals surface area (Å²) in [6.45, 7) is 6.59. The molecule has 4 heteroatoms. The standard InChI is InChI=1S/C19H22FNO2/c1-13-5-10-16(20)11-17(13)21-18(22)14-6-8-15(9-7-14)19(2,3)12-23-4/h5-11H,12H2,1-4H3,(H,21,22). The minimum atomic E-state index is -0.373. The van der Waals surface area contributed by atoms with E-state index in [1.54, 1.807) is 25.3 Å². The molecule has 1 N–H and O–H groups in total. The van der Waals surface area contributed by atoms with Gasteiger partial charge in [-0.2, -0.15) is 0 Å². The number of hydrogen-bond acceptors (Lipinski definition) is 2. The van der Waals surface area contributed by atoms with Gasteiger partial charge in [0, 0.05) is 23.8 Å². The molecule has 0 radical (unpaired) electrons. The predicted octanol–water partition coefficient (Wildman–Crippen LogP) is 4.31. The monoisotopic (exact) mass is 315 g/mol. The molecule has 0 aliphatic carbocycles. The maximum absolute atomic E-state index is 13.3. The van der Waals surface area contributed by atoms with E-state index < -0.39 is 0 Å². The maximum atomic E-state index is 13.3. The lowest BCUT2D eigenvalue weighted by Crippen LogP contribution is -2.23. The van der Waals surface area contributed by atoms with Crippen LogP contribution in [0, 0.1) is 12.7 Å². The summed E-state index contributed by atoms with van der Waals surface area (Å²) >= 11 is 0. The third kappa shape index (κ3) is 4.17. The number of ether oxygens (including phenoxy) is 1. The van der Waals surface area contributed by atoms with Crippen LogP contribution in [0.1, 0.15) is 35.3 Å². The Hall–Kier alpha value is -2.20. The van der Waals surface area contributed by atoms with Gasteiger partial charge in [-0.3, -0.25) is 4.79 Å². The highest BCUT2D eigenvalue weighted by atomic mass is 19.1. The van der Waals surface area contributed by atoms with E-state index in [4.69, 9.17) is 4.74 Å². The summed E-state index contributed by atoms with van der Waals surface area (Å²) in [6, 6.07) is 11.7. The molecule has 0 bridgehead atoms. The third-order valence-corrected chi connectivity index (χ3v) is 3.88. The van der Waals surface area contributed by atoms with Crippen LogP contribution in [0.4, 0.5) is 10.1 Å². The first-order chi connectivity index (χ1) is 10.8. The van der Waals surface area contributed by atoms with E-state index in [9.17, 15) is 9.18 Å². The number of anilines is 1. The predicted molar refractivity (Wildman–Crippen MR) is 90.4 cm³/mol. The molecule has 0 aliphatic rings. The molecule has 2 aromatic carbocycles. The van der Waals surface area contributed by atoms with Crippen LogP contribution in [-0.2, 0) is 10.2 Å². The van der Waals surface area contributed by atoms with Gasteiger partial charge in [0.05, 0.1) is 6.61 Å². The topological polar surface area (TPSA) is 38.3 Å². The van der Waals surface area contributed by atoms with Crippen LogP contribution in [0.2, 0.25) is 0 Å². The van der Waals surface area contributed by atoms with E-state index in [0.717, 1.165) is 11.1 Å². The van der Waals surface area contributed by atoms with Crippen LogP contribution in [0.5, 0.6) is 0 Å². The highest BCUT2D eigenvalue weighted by molar-refractivity contribution is 6.04. The molecule has 0 fully saturated rings. The Labute approximate surface area is 136 Å². The number of amides is 1. The summed E-state index contributed by atoms with van der Waals surface area (Å²) in [6.07, 6.45) is 0. The number of nitrogens with one attached hydrogen (secondary N) is 1. The van der Waals surface area contributed by atoms with Gasteiger partial charge in [-0.05, 0) is 42.3 Å². The van der Waals surface area contributed by atoms with Crippen molar-refractivity contribution >= 4 is 11.6 Å². The molecule has 2 rings (SSSR count). The molecule has 2 aromatic rings.